The molecule has 0 saturated carbocycles. The van der Waals surface area contributed by atoms with Gasteiger partial charge in [0.05, 0.1) is 6.10 Å². The second-order valence-electron chi connectivity index (χ2n) is 9.52. The quantitative estimate of drug-likeness (QED) is 0.571. The standard InChI is InChI=1S/C25H36N4O4S/c1-26(2)21-11-9-20(10-12-21)17-28(18-22-8-7-15-33-22)25(30)24-16-23(19-27(24)3)34(31,32)29-13-5-4-6-14-29/h9-12,16,19,22H,4-8,13-15,17-18H2,1-3H3. The molecule has 0 spiro atoms. The smallest absolute Gasteiger partial charge is 0.270 e. The molecule has 1 aromatic carbocycles. The van der Waals surface area contributed by atoms with Gasteiger partial charge in [-0.05, 0) is 49.4 Å². The molecule has 1 unspecified atom stereocenters. The first-order valence-corrected chi connectivity index (χ1v) is 13.5. The van der Waals surface area contributed by atoms with Crippen LogP contribution in [-0.4, -0.2) is 74.5 Å². The number of carbonyl (C=O) groups excluding carboxylic acids is 1. The van der Waals surface area contributed by atoms with E-state index in [1.807, 2.05) is 43.3 Å². The van der Waals surface area contributed by atoms with Gasteiger partial charge in [-0.2, -0.15) is 4.31 Å². The van der Waals surface area contributed by atoms with E-state index in [0.717, 1.165) is 43.4 Å². The zero-order chi connectivity index (χ0) is 24.3. The summed E-state index contributed by atoms with van der Waals surface area (Å²) < 4.78 is 35.3. The van der Waals surface area contributed by atoms with E-state index in [-0.39, 0.29) is 16.9 Å². The zero-order valence-corrected chi connectivity index (χ0v) is 21.3. The fourth-order valence-corrected chi connectivity index (χ4v) is 6.27. The molecule has 9 heteroatoms. The first-order chi connectivity index (χ1) is 16.3. The van der Waals surface area contributed by atoms with E-state index < -0.39 is 10.0 Å². The van der Waals surface area contributed by atoms with Gasteiger partial charge in [-0.25, -0.2) is 8.42 Å². The first kappa shape index (κ1) is 24.8. The third-order valence-corrected chi connectivity index (χ3v) is 8.58. The van der Waals surface area contributed by atoms with Crippen LogP contribution in [0.4, 0.5) is 5.69 Å². The van der Waals surface area contributed by atoms with Gasteiger partial charge in [0, 0.05) is 65.8 Å². The summed E-state index contributed by atoms with van der Waals surface area (Å²) in [6, 6.07) is 9.67. The summed E-state index contributed by atoms with van der Waals surface area (Å²) in [4.78, 5) is 17.7. The van der Waals surface area contributed by atoms with E-state index in [4.69, 9.17) is 4.74 Å². The predicted molar refractivity (Wildman–Crippen MR) is 133 cm³/mol. The molecule has 2 aliphatic rings. The van der Waals surface area contributed by atoms with Gasteiger partial charge in [-0.3, -0.25) is 4.79 Å². The maximum absolute atomic E-state index is 13.7. The summed E-state index contributed by atoms with van der Waals surface area (Å²) in [5.41, 5.74) is 2.49. The SMILES string of the molecule is CN(C)c1ccc(CN(CC2CCCO2)C(=O)c2cc(S(=O)(=O)N3CCCCC3)cn2C)cc1. The number of carbonyl (C=O) groups is 1. The highest BCUT2D eigenvalue weighted by molar-refractivity contribution is 7.89. The van der Waals surface area contributed by atoms with E-state index in [2.05, 4.69) is 0 Å². The third-order valence-electron chi connectivity index (χ3n) is 6.71. The number of aryl methyl sites for hydroxylation is 1. The van der Waals surface area contributed by atoms with Crippen molar-refractivity contribution in [2.24, 2.45) is 7.05 Å². The molecular weight excluding hydrogens is 452 g/mol. The average Bonchev–Trinajstić information content (AvgIpc) is 3.49. The molecule has 1 amide bonds. The topological polar surface area (TPSA) is 75.1 Å². The highest BCUT2D eigenvalue weighted by Crippen LogP contribution is 2.24. The highest BCUT2D eigenvalue weighted by atomic mass is 32.2. The maximum atomic E-state index is 13.7. The molecule has 1 aromatic heterocycles. The lowest BCUT2D eigenvalue weighted by Crippen LogP contribution is -2.37. The van der Waals surface area contributed by atoms with Crippen molar-refractivity contribution < 1.29 is 17.9 Å². The predicted octanol–water partition coefficient (Wildman–Crippen LogP) is 3.09. The Hall–Kier alpha value is -2.36. The normalized spacial score (nSPS) is 19.3. The Labute approximate surface area is 203 Å². The molecule has 3 heterocycles. The lowest BCUT2D eigenvalue weighted by Gasteiger charge is -2.26. The van der Waals surface area contributed by atoms with Gasteiger partial charge in [-0.1, -0.05) is 18.6 Å². The van der Waals surface area contributed by atoms with Gasteiger partial charge in [0.15, 0.2) is 0 Å². The number of sulfonamides is 1. The molecule has 0 radical (unpaired) electrons. The molecule has 4 rings (SSSR count). The maximum Gasteiger partial charge on any atom is 0.270 e. The Bertz CT molecular complexity index is 1080. The Morgan fingerprint density at radius 2 is 1.79 bits per heavy atom. The van der Waals surface area contributed by atoms with Crippen LogP contribution < -0.4 is 4.90 Å². The Kier molecular flexibility index (Phi) is 7.64. The van der Waals surface area contributed by atoms with Crippen molar-refractivity contribution in [2.45, 2.75) is 49.6 Å². The van der Waals surface area contributed by atoms with Crippen LogP contribution >= 0.6 is 0 Å². The van der Waals surface area contributed by atoms with Gasteiger partial charge in [0.1, 0.15) is 10.6 Å². The van der Waals surface area contributed by atoms with Crippen molar-refractivity contribution in [3.8, 4) is 0 Å². The number of ether oxygens (including phenoxy) is 1. The number of amides is 1. The molecule has 8 nitrogen and oxygen atoms in total. The molecule has 0 aliphatic carbocycles. The summed E-state index contributed by atoms with van der Waals surface area (Å²) in [5, 5.41) is 0. The van der Waals surface area contributed by atoms with Crippen LogP contribution in [0.15, 0.2) is 41.4 Å². The lowest BCUT2D eigenvalue weighted by atomic mass is 10.1. The monoisotopic (exact) mass is 488 g/mol. The number of piperidine rings is 1. The van der Waals surface area contributed by atoms with Gasteiger partial charge < -0.3 is 19.1 Å². The Morgan fingerprint density at radius 1 is 1.09 bits per heavy atom. The summed E-state index contributed by atoms with van der Waals surface area (Å²) >= 11 is 0. The highest BCUT2D eigenvalue weighted by Gasteiger charge is 2.30. The van der Waals surface area contributed by atoms with Crippen LogP contribution in [0.5, 0.6) is 0 Å². The number of aromatic nitrogens is 1. The van der Waals surface area contributed by atoms with Crippen molar-refractivity contribution in [1.29, 1.82) is 0 Å². The molecule has 2 saturated heterocycles. The largest absolute Gasteiger partial charge is 0.378 e. The van der Waals surface area contributed by atoms with E-state index >= 15 is 0 Å². The number of hydrogen-bond acceptors (Lipinski definition) is 5. The van der Waals surface area contributed by atoms with Gasteiger partial charge in [0.25, 0.3) is 5.91 Å². The van der Waals surface area contributed by atoms with Crippen molar-refractivity contribution in [3.63, 3.8) is 0 Å². The van der Waals surface area contributed by atoms with E-state index in [9.17, 15) is 13.2 Å². The molecule has 186 valence electrons. The summed E-state index contributed by atoms with van der Waals surface area (Å²) in [7, 11) is 2.12. The summed E-state index contributed by atoms with van der Waals surface area (Å²) in [5.74, 6) is -0.185. The van der Waals surface area contributed by atoms with Crippen LogP contribution in [0.2, 0.25) is 0 Å². The van der Waals surface area contributed by atoms with E-state index in [1.165, 1.54) is 10.4 Å². The van der Waals surface area contributed by atoms with Crippen LogP contribution in [0, 0.1) is 0 Å². The van der Waals surface area contributed by atoms with Gasteiger partial charge in [0.2, 0.25) is 10.0 Å². The molecule has 0 bridgehead atoms. The zero-order valence-electron chi connectivity index (χ0n) is 20.4. The number of anilines is 1. The molecule has 1 atom stereocenters. The minimum atomic E-state index is -3.60. The third kappa shape index (κ3) is 5.47. The second-order valence-corrected chi connectivity index (χ2v) is 11.5. The summed E-state index contributed by atoms with van der Waals surface area (Å²) in [6.45, 7) is 2.70. The first-order valence-electron chi connectivity index (χ1n) is 12.1. The van der Waals surface area contributed by atoms with Crippen molar-refractivity contribution >= 4 is 21.6 Å². The average molecular weight is 489 g/mol. The Balaban J connectivity index is 1.58. The molecule has 0 N–H and O–H groups in total. The molecule has 2 fully saturated rings. The van der Waals surface area contributed by atoms with Gasteiger partial charge >= 0.3 is 0 Å². The number of nitrogens with zero attached hydrogens (tertiary/aromatic N) is 4. The van der Waals surface area contributed by atoms with Crippen molar-refractivity contribution in [1.82, 2.24) is 13.8 Å². The number of benzene rings is 1. The molecule has 34 heavy (non-hydrogen) atoms. The molecule has 2 aliphatic heterocycles. The van der Waals surface area contributed by atoms with Crippen LogP contribution in [0.1, 0.15) is 48.2 Å². The van der Waals surface area contributed by atoms with E-state index in [1.54, 1.807) is 22.7 Å². The minimum Gasteiger partial charge on any atom is -0.378 e. The van der Waals surface area contributed by atoms with Crippen molar-refractivity contribution in [3.05, 3.63) is 47.8 Å². The molecular formula is C25H36N4O4S. The Morgan fingerprint density at radius 3 is 2.41 bits per heavy atom. The van der Waals surface area contributed by atoms with Crippen LogP contribution in [-0.2, 0) is 28.4 Å². The molecule has 2 aromatic rings. The summed E-state index contributed by atoms with van der Waals surface area (Å²) in [6.07, 6.45) is 6.28. The minimum absolute atomic E-state index is 0.00168. The van der Waals surface area contributed by atoms with Crippen molar-refractivity contribution in [2.75, 3.05) is 45.2 Å². The number of hydrogen-bond donors (Lipinski definition) is 0. The number of rotatable bonds is 8. The fraction of sp³-hybridized carbons (Fsp3) is 0.560. The van der Waals surface area contributed by atoms with Crippen LogP contribution in [0.25, 0.3) is 0 Å². The van der Waals surface area contributed by atoms with Crippen LogP contribution in [0.3, 0.4) is 0 Å². The van der Waals surface area contributed by atoms with E-state index in [0.29, 0.717) is 38.5 Å². The lowest BCUT2D eigenvalue weighted by molar-refractivity contribution is 0.0500. The van der Waals surface area contributed by atoms with Gasteiger partial charge in [-0.15, -0.1) is 0 Å². The fourth-order valence-electron chi connectivity index (χ4n) is 4.68. The second kappa shape index (κ2) is 10.5.